The average molecular weight is 469 g/mol. The lowest BCUT2D eigenvalue weighted by Crippen LogP contribution is -2.50. The van der Waals surface area contributed by atoms with Crippen LogP contribution in [0, 0.1) is 0 Å². The maximum Gasteiger partial charge on any atom is 0.268 e. The standard InChI is InChI=1S/C23H24N4O5S/c1-27-19-11-15(21(29)26-33-2)8-9-20(19)32-13-18(23(27)31)25-22(30)17(24)12-16(28)10-14-6-4-3-5-7-14/h3-9,11-12,18H,10,13,24H2,1-2H3,(H,25,30)(H,26,29)/t18-/m0/s1. The van der Waals surface area contributed by atoms with Crippen LogP contribution in [0.4, 0.5) is 5.69 Å². The number of fused-ring (bicyclic) bond motifs is 1. The van der Waals surface area contributed by atoms with Gasteiger partial charge in [0, 0.05) is 31.4 Å². The third kappa shape index (κ3) is 5.92. The number of nitrogens with zero attached hydrogens (tertiary/aromatic N) is 1. The predicted octanol–water partition coefficient (Wildman–Crippen LogP) is 1.19. The molecule has 3 amide bonds. The Morgan fingerprint density at radius 1 is 1.21 bits per heavy atom. The number of likely N-dealkylation sites (N-methyl/N-ethyl adjacent to an activating group) is 1. The second kappa shape index (κ2) is 10.7. The first-order valence-electron chi connectivity index (χ1n) is 10.0. The largest absolute Gasteiger partial charge is 0.489 e. The molecule has 0 aromatic heterocycles. The molecule has 1 aliphatic rings. The molecule has 0 radical (unpaired) electrons. The van der Waals surface area contributed by atoms with Crippen molar-refractivity contribution < 1.29 is 23.9 Å². The van der Waals surface area contributed by atoms with E-state index in [0.29, 0.717) is 17.0 Å². The topological polar surface area (TPSA) is 131 Å². The summed E-state index contributed by atoms with van der Waals surface area (Å²) in [5.74, 6) is -1.45. The van der Waals surface area contributed by atoms with Crippen LogP contribution in [0.2, 0.25) is 0 Å². The van der Waals surface area contributed by atoms with Crippen molar-refractivity contribution in [1.29, 1.82) is 0 Å². The molecule has 9 nitrogen and oxygen atoms in total. The van der Waals surface area contributed by atoms with Crippen molar-refractivity contribution in [2.45, 2.75) is 12.5 Å². The highest BCUT2D eigenvalue weighted by molar-refractivity contribution is 7.97. The zero-order chi connectivity index (χ0) is 24.0. The lowest BCUT2D eigenvalue weighted by Gasteiger charge is -2.20. The number of hydrogen-bond donors (Lipinski definition) is 3. The van der Waals surface area contributed by atoms with Crippen LogP contribution in [0.1, 0.15) is 15.9 Å². The average Bonchev–Trinajstić information content (AvgIpc) is 2.91. The Labute approximate surface area is 195 Å². The van der Waals surface area contributed by atoms with E-state index in [1.807, 2.05) is 18.2 Å². The summed E-state index contributed by atoms with van der Waals surface area (Å²) < 4.78 is 8.31. The highest BCUT2D eigenvalue weighted by Gasteiger charge is 2.31. The van der Waals surface area contributed by atoms with Gasteiger partial charge in [0.05, 0.1) is 5.69 Å². The van der Waals surface area contributed by atoms with Crippen molar-refractivity contribution in [3.8, 4) is 5.75 Å². The molecule has 3 rings (SSSR count). The molecule has 10 heteroatoms. The second-order valence-corrected chi connectivity index (χ2v) is 7.89. The molecule has 1 aliphatic heterocycles. The zero-order valence-electron chi connectivity index (χ0n) is 18.2. The minimum absolute atomic E-state index is 0.102. The quantitative estimate of drug-likeness (QED) is 0.411. The maximum atomic E-state index is 12.9. The first-order valence-corrected chi connectivity index (χ1v) is 11.2. The van der Waals surface area contributed by atoms with Gasteiger partial charge in [-0.25, -0.2) is 0 Å². The van der Waals surface area contributed by atoms with Gasteiger partial charge in [0.1, 0.15) is 24.1 Å². The van der Waals surface area contributed by atoms with Crippen molar-refractivity contribution in [1.82, 2.24) is 10.0 Å². The summed E-state index contributed by atoms with van der Waals surface area (Å²) in [4.78, 5) is 51.1. The monoisotopic (exact) mass is 468 g/mol. The summed E-state index contributed by atoms with van der Waals surface area (Å²) in [6.07, 6.45) is 2.88. The second-order valence-electron chi connectivity index (χ2n) is 7.28. The van der Waals surface area contributed by atoms with Gasteiger partial charge >= 0.3 is 0 Å². The predicted molar refractivity (Wildman–Crippen MR) is 126 cm³/mol. The SMILES string of the molecule is CSNC(=O)c1ccc2c(c1)N(C)C(=O)[C@@H](NC(=O)C(N)=CC(=O)Cc1ccccc1)CO2. The van der Waals surface area contributed by atoms with E-state index in [4.69, 9.17) is 10.5 Å². The number of ether oxygens (including phenoxy) is 1. The Balaban J connectivity index is 1.69. The first kappa shape index (κ1) is 23.9. The fourth-order valence-electron chi connectivity index (χ4n) is 3.22. The van der Waals surface area contributed by atoms with Gasteiger partial charge in [-0.2, -0.15) is 0 Å². The van der Waals surface area contributed by atoms with Crippen molar-refractivity contribution in [3.05, 3.63) is 71.4 Å². The highest BCUT2D eigenvalue weighted by atomic mass is 32.2. The van der Waals surface area contributed by atoms with E-state index in [-0.39, 0.29) is 30.4 Å². The molecule has 2 aromatic carbocycles. The van der Waals surface area contributed by atoms with Gasteiger partial charge in [-0.1, -0.05) is 42.3 Å². The molecule has 0 saturated heterocycles. The van der Waals surface area contributed by atoms with Gasteiger partial charge < -0.3 is 20.7 Å². The molecule has 0 aliphatic carbocycles. The van der Waals surface area contributed by atoms with Crippen molar-refractivity contribution in [2.75, 3.05) is 24.8 Å². The Morgan fingerprint density at radius 3 is 2.64 bits per heavy atom. The molecule has 1 heterocycles. The Bertz CT molecular complexity index is 1100. The van der Waals surface area contributed by atoms with Crippen molar-refractivity contribution >= 4 is 41.1 Å². The third-order valence-electron chi connectivity index (χ3n) is 4.92. The normalized spacial score (nSPS) is 15.7. The van der Waals surface area contributed by atoms with Gasteiger partial charge in [-0.3, -0.25) is 23.9 Å². The molecule has 1 atom stereocenters. The summed E-state index contributed by atoms with van der Waals surface area (Å²) >= 11 is 1.16. The Hall–Kier alpha value is -3.79. The van der Waals surface area contributed by atoms with Crippen LogP contribution in [0.25, 0.3) is 0 Å². The van der Waals surface area contributed by atoms with E-state index < -0.39 is 17.9 Å². The minimum atomic E-state index is -1.03. The maximum absolute atomic E-state index is 12.9. The fourth-order valence-corrected chi connectivity index (χ4v) is 3.53. The molecule has 0 saturated carbocycles. The molecule has 0 unspecified atom stereocenters. The van der Waals surface area contributed by atoms with Crippen LogP contribution in [-0.2, 0) is 20.8 Å². The lowest BCUT2D eigenvalue weighted by molar-refractivity contribution is -0.126. The zero-order valence-corrected chi connectivity index (χ0v) is 19.0. The smallest absolute Gasteiger partial charge is 0.268 e. The fraction of sp³-hybridized carbons (Fsp3) is 0.217. The van der Waals surface area contributed by atoms with Crippen LogP contribution < -0.4 is 25.4 Å². The van der Waals surface area contributed by atoms with E-state index in [1.165, 1.54) is 11.9 Å². The molecular formula is C23H24N4O5S. The number of nitrogens with one attached hydrogen (secondary N) is 2. The van der Waals surface area contributed by atoms with Crippen LogP contribution in [-0.4, -0.2) is 49.5 Å². The summed E-state index contributed by atoms with van der Waals surface area (Å²) in [7, 11) is 1.52. The van der Waals surface area contributed by atoms with Gasteiger partial charge in [0.25, 0.3) is 17.7 Å². The molecule has 4 N–H and O–H groups in total. The van der Waals surface area contributed by atoms with E-state index in [2.05, 4.69) is 10.0 Å². The Kier molecular flexibility index (Phi) is 7.73. The number of carbonyl (C=O) groups excluding carboxylic acids is 4. The van der Waals surface area contributed by atoms with E-state index in [0.717, 1.165) is 23.6 Å². The number of allylic oxidation sites excluding steroid dienone is 1. The van der Waals surface area contributed by atoms with E-state index in [9.17, 15) is 19.2 Å². The molecule has 2 aromatic rings. The van der Waals surface area contributed by atoms with Crippen molar-refractivity contribution in [3.63, 3.8) is 0 Å². The molecule has 172 valence electrons. The number of benzene rings is 2. The van der Waals surface area contributed by atoms with Crippen LogP contribution in [0.5, 0.6) is 5.75 Å². The van der Waals surface area contributed by atoms with E-state index >= 15 is 0 Å². The van der Waals surface area contributed by atoms with Gasteiger partial charge in [0.15, 0.2) is 5.78 Å². The molecule has 33 heavy (non-hydrogen) atoms. The number of nitrogens with two attached hydrogens (primary N) is 1. The number of hydrogen-bond acceptors (Lipinski definition) is 7. The molecular weight excluding hydrogens is 444 g/mol. The van der Waals surface area contributed by atoms with E-state index in [1.54, 1.807) is 36.6 Å². The van der Waals surface area contributed by atoms with Crippen LogP contribution >= 0.6 is 11.9 Å². The summed E-state index contributed by atoms with van der Waals surface area (Å²) in [5.41, 5.74) is 7.04. The number of carbonyl (C=O) groups is 4. The number of amides is 3. The number of rotatable bonds is 7. The number of ketones is 1. The summed E-state index contributed by atoms with van der Waals surface area (Å²) in [5, 5.41) is 2.52. The molecule has 0 bridgehead atoms. The molecule has 0 spiro atoms. The van der Waals surface area contributed by atoms with Gasteiger partial charge in [-0.15, -0.1) is 0 Å². The lowest BCUT2D eigenvalue weighted by atomic mass is 10.1. The Morgan fingerprint density at radius 2 is 1.94 bits per heavy atom. The van der Waals surface area contributed by atoms with Crippen molar-refractivity contribution in [2.24, 2.45) is 5.73 Å². The highest BCUT2D eigenvalue weighted by Crippen LogP contribution is 2.31. The van der Waals surface area contributed by atoms with Gasteiger partial charge in [0.2, 0.25) is 0 Å². The summed E-state index contributed by atoms with van der Waals surface area (Å²) in [6, 6.07) is 12.7. The third-order valence-corrected chi connectivity index (χ3v) is 5.31. The minimum Gasteiger partial charge on any atom is -0.489 e. The first-order chi connectivity index (χ1) is 15.8. The van der Waals surface area contributed by atoms with Crippen LogP contribution in [0.3, 0.4) is 0 Å². The van der Waals surface area contributed by atoms with Gasteiger partial charge in [-0.05, 0) is 23.8 Å². The molecule has 0 fully saturated rings. The summed E-state index contributed by atoms with van der Waals surface area (Å²) in [6.45, 7) is -0.135. The van der Waals surface area contributed by atoms with Crippen LogP contribution in [0.15, 0.2) is 60.3 Å². The number of anilines is 1.